The van der Waals surface area contributed by atoms with Gasteiger partial charge in [-0.25, -0.2) is 0 Å². The second kappa shape index (κ2) is 4.83. The predicted molar refractivity (Wildman–Crippen MR) is 49.1 cm³/mol. The summed E-state index contributed by atoms with van der Waals surface area (Å²) in [5, 5.41) is 0. The highest BCUT2D eigenvalue weighted by molar-refractivity contribution is 4.73. The summed E-state index contributed by atoms with van der Waals surface area (Å²) >= 11 is 0. The summed E-state index contributed by atoms with van der Waals surface area (Å²) in [6, 6.07) is 0. The van der Waals surface area contributed by atoms with Crippen molar-refractivity contribution in [2.75, 3.05) is 13.2 Å². The summed E-state index contributed by atoms with van der Waals surface area (Å²) < 4.78 is 11.3. The van der Waals surface area contributed by atoms with Crippen molar-refractivity contribution < 1.29 is 9.47 Å². The molecule has 1 heterocycles. The Hall–Kier alpha value is -0.0800. The molecule has 1 fully saturated rings. The zero-order chi connectivity index (χ0) is 8.86. The third kappa shape index (κ3) is 2.46. The van der Waals surface area contributed by atoms with Crippen LogP contribution in [0.1, 0.15) is 46.0 Å². The molecule has 2 nitrogen and oxygen atoms in total. The Bertz CT molecular complexity index is 117. The van der Waals surface area contributed by atoms with Gasteiger partial charge in [0.2, 0.25) is 0 Å². The quantitative estimate of drug-likeness (QED) is 0.634. The van der Waals surface area contributed by atoms with Crippen LogP contribution in [0.2, 0.25) is 0 Å². The lowest BCUT2D eigenvalue weighted by Gasteiger charge is -2.26. The van der Waals surface area contributed by atoms with E-state index in [0.717, 1.165) is 32.5 Å². The van der Waals surface area contributed by atoms with Gasteiger partial charge in [-0.05, 0) is 6.42 Å². The van der Waals surface area contributed by atoms with E-state index in [9.17, 15) is 0 Å². The van der Waals surface area contributed by atoms with Gasteiger partial charge in [0.25, 0.3) is 0 Å². The van der Waals surface area contributed by atoms with Gasteiger partial charge in [-0.1, -0.05) is 26.7 Å². The topological polar surface area (TPSA) is 18.5 Å². The Morgan fingerprint density at radius 2 is 1.67 bits per heavy atom. The highest BCUT2D eigenvalue weighted by Gasteiger charge is 2.34. The van der Waals surface area contributed by atoms with Crippen molar-refractivity contribution in [1.82, 2.24) is 0 Å². The predicted octanol–water partition coefficient (Wildman–Crippen LogP) is 2.72. The molecule has 2 heteroatoms. The molecule has 72 valence electrons. The lowest BCUT2D eigenvalue weighted by atomic mass is 10.0. The van der Waals surface area contributed by atoms with Crippen molar-refractivity contribution in [2.24, 2.45) is 0 Å². The van der Waals surface area contributed by atoms with Crippen LogP contribution in [0.4, 0.5) is 0 Å². The summed E-state index contributed by atoms with van der Waals surface area (Å²) in [5.41, 5.74) is 0. The summed E-state index contributed by atoms with van der Waals surface area (Å²) in [4.78, 5) is 0. The smallest absolute Gasteiger partial charge is 0.168 e. The van der Waals surface area contributed by atoms with Crippen LogP contribution in [0.25, 0.3) is 0 Å². The Morgan fingerprint density at radius 1 is 1.00 bits per heavy atom. The summed E-state index contributed by atoms with van der Waals surface area (Å²) in [5.74, 6) is -0.204. The number of rotatable bonds is 5. The van der Waals surface area contributed by atoms with E-state index in [1.54, 1.807) is 0 Å². The zero-order valence-corrected chi connectivity index (χ0v) is 8.27. The standard InChI is InChI=1S/C10H20O2/c1-3-5-7-10(6-4-2)11-8-9-12-10/h3-9H2,1-2H3. The second-order valence-electron chi connectivity index (χ2n) is 3.46. The average molecular weight is 172 g/mol. The van der Waals surface area contributed by atoms with E-state index >= 15 is 0 Å². The number of hydrogen-bond acceptors (Lipinski definition) is 2. The molecule has 0 aromatic rings. The van der Waals surface area contributed by atoms with Crippen LogP contribution in [0.15, 0.2) is 0 Å². The Balaban J connectivity index is 2.35. The van der Waals surface area contributed by atoms with E-state index in [1.165, 1.54) is 12.8 Å². The fourth-order valence-corrected chi connectivity index (χ4v) is 1.74. The van der Waals surface area contributed by atoms with Gasteiger partial charge < -0.3 is 9.47 Å². The maximum absolute atomic E-state index is 5.66. The zero-order valence-electron chi connectivity index (χ0n) is 8.27. The molecule has 0 unspecified atom stereocenters. The summed E-state index contributed by atoms with van der Waals surface area (Å²) in [6.45, 7) is 5.95. The van der Waals surface area contributed by atoms with E-state index in [1.807, 2.05) is 0 Å². The first-order valence-electron chi connectivity index (χ1n) is 5.11. The van der Waals surface area contributed by atoms with Crippen LogP contribution in [-0.4, -0.2) is 19.0 Å². The monoisotopic (exact) mass is 172 g/mol. The van der Waals surface area contributed by atoms with Crippen molar-refractivity contribution in [2.45, 2.75) is 51.7 Å². The third-order valence-electron chi connectivity index (χ3n) is 2.36. The van der Waals surface area contributed by atoms with Crippen molar-refractivity contribution in [3.63, 3.8) is 0 Å². The maximum atomic E-state index is 5.66. The summed E-state index contributed by atoms with van der Waals surface area (Å²) in [7, 11) is 0. The van der Waals surface area contributed by atoms with Gasteiger partial charge in [-0.15, -0.1) is 0 Å². The fraction of sp³-hybridized carbons (Fsp3) is 1.00. The van der Waals surface area contributed by atoms with Crippen LogP contribution < -0.4 is 0 Å². The van der Waals surface area contributed by atoms with Gasteiger partial charge in [0, 0.05) is 12.8 Å². The number of ether oxygens (including phenoxy) is 2. The van der Waals surface area contributed by atoms with E-state index < -0.39 is 0 Å². The molecule has 0 saturated carbocycles. The summed E-state index contributed by atoms with van der Waals surface area (Å²) in [6.07, 6.45) is 5.69. The van der Waals surface area contributed by atoms with Crippen LogP contribution >= 0.6 is 0 Å². The molecule has 0 N–H and O–H groups in total. The van der Waals surface area contributed by atoms with Crippen LogP contribution in [-0.2, 0) is 9.47 Å². The van der Waals surface area contributed by atoms with Crippen LogP contribution in [0.3, 0.4) is 0 Å². The fourth-order valence-electron chi connectivity index (χ4n) is 1.74. The van der Waals surface area contributed by atoms with Gasteiger partial charge in [0.1, 0.15) is 0 Å². The molecule has 1 saturated heterocycles. The minimum atomic E-state index is -0.204. The molecule has 0 spiro atoms. The normalized spacial score (nSPS) is 21.5. The average Bonchev–Trinajstić information content (AvgIpc) is 2.51. The molecule has 0 bridgehead atoms. The van der Waals surface area contributed by atoms with Gasteiger partial charge in [0.15, 0.2) is 5.79 Å². The van der Waals surface area contributed by atoms with Crippen LogP contribution in [0.5, 0.6) is 0 Å². The van der Waals surface area contributed by atoms with Gasteiger partial charge in [-0.2, -0.15) is 0 Å². The molecular formula is C10H20O2. The van der Waals surface area contributed by atoms with E-state index in [4.69, 9.17) is 9.47 Å². The van der Waals surface area contributed by atoms with Crippen molar-refractivity contribution in [3.05, 3.63) is 0 Å². The second-order valence-corrected chi connectivity index (χ2v) is 3.46. The van der Waals surface area contributed by atoms with Gasteiger partial charge >= 0.3 is 0 Å². The first kappa shape index (κ1) is 10.0. The first-order chi connectivity index (χ1) is 5.83. The Labute approximate surface area is 75.2 Å². The molecule has 0 amide bonds. The highest BCUT2D eigenvalue weighted by Crippen LogP contribution is 2.30. The molecule has 0 aromatic carbocycles. The van der Waals surface area contributed by atoms with E-state index in [2.05, 4.69) is 13.8 Å². The maximum Gasteiger partial charge on any atom is 0.168 e. The molecular weight excluding hydrogens is 152 g/mol. The van der Waals surface area contributed by atoms with Crippen molar-refractivity contribution in [3.8, 4) is 0 Å². The minimum Gasteiger partial charge on any atom is -0.348 e. The van der Waals surface area contributed by atoms with Gasteiger partial charge in [0.05, 0.1) is 13.2 Å². The molecule has 0 aliphatic carbocycles. The molecule has 0 radical (unpaired) electrons. The first-order valence-corrected chi connectivity index (χ1v) is 5.11. The number of hydrogen-bond donors (Lipinski definition) is 0. The third-order valence-corrected chi connectivity index (χ3v) is 2.36. The van der Waals surface area contributed by atoms with E-state index in [0.29, 0.717) is 0 Å². The van der Waals surface area contributed by atoms with E-state index in [-0.39, 0.29) is 5.79 Å². The van der Waals surface area contributed by atoms with Gasteiger partial charge in [-0.3, -0.25) is 0 Å². The largest absolute Gasteiger partial charge is 0.348 e. The lowest BCUT2D eigenvalue weighted by molar-refractivity contribution is -0.167. The molecule has 0 aromatic heterocycles. The molecule has 1 aliphatic rings. The molecule has 1 rings (SSSR count). The number of unbranched alkanes of at least 4 members (excludes halogenated alkanes) is 1. The molecule has 1 aliphatic heterocycles. The molecule has 0 atom stereocenters. The minimum absolute atomic E-state index is 0.204. The molecule has 12 heavy (non-hydrogen) atoms. The van der Waals surface area contributed by atoms with Crippen molar-refractivity contribution in [1.29, 1.82) is 0 Å². The van der Waals surface area contributed by atoms with Crippen LogP contribution in [0, 0.1) is 0 Å². The lowest BCUT2D eigenvalue weighted by Crippen LogP contribution is -2.29. The Kier molecular flexibility index (Phi) is 4.02. The SMILES string of the molecule is CCCCC1(CCC)OCCO1. The van der Waals surface area contributed by atoms with Crippen molar-refractivity contribution >= 4 is 0 Å². The highest BCUT2D eigenvalue weighted by atomic mass is 16.7. The Morgan fingerprint density at radius 3 is 2.17 bits per heavy atom.